The molecule has 0 radical (unpaired) electrons. The van der Waals surface area contributed by atoms with Crippen molar-refractivity contribution in [3.63, 3.8) is 0 Å². The lowest BCUT2D eigenvalue weighted by Crippen LogP contribution is -2.39. The molecule has 0 spiro atoms. The number of likely N-dealkylation sites (N-methyl/N-ethyl adjacent to an activating group) is 1. The van der Waals surface area contributed by atoms with Gasteiger partial charge in [-0.05, 0) is 26.3 Å². The van der Waals surface area contributed by atoms with Gasteiger partial charge in [0.1, 0.15) is 0 Å². The van der Waals surface area contributed by atoms with Gasteiger partial charge in [-0.2, -0.15) is 0 Å². The number of nitrogens with zero attached hydrogens (tertiary/aromatic N) is 1. The van der Waals surface area contributed by atoms with Crippen molar-refractivity contribution in [2.75, 3.05) is 13.1 Å². The molecule has 0 aromatic rings. The topological polar surface area (TPSA) is 3.24 Å². The van der Waals surface area contributed by atoms with Crippen LogP contribution in [0.5, 0.6) is 0 Å². The van der Waals surface area contributed by atoms with E-state index in [9.17, 15) is 0 Å². The van der Waals surface area contributed by atoms with Gasteiger partial charge in [-0.3, -0.25) is 4.90 Å². The van der Waals surface area contributed by atoms with E-state index in [-0.39, 0.29) is 0 Å². The molecule has 11 heavy (non-hydrogen) atoms. The highest BCUT2D eigenvalue weighted by molar-refractivity contribution is 5.11. The molecule has 0 aromatic carbocycles. The molecule has 2 atom stereocenters. The van der Waals surface area contributed by atoms with Crippen molar-refractivity contribution >= 4 is 0 Å². The maximum Gasteiger partial charge on any atom is 0.0252 e. The van der Waals surface area contributed by atoms with Crippen LogP contribution in [0.1, 0.15) is 27.7 Å². The van der Waals surface area contributed by atoms with Crippen molar-refractivity contribution in [2.45, 2.75) is 33.7 Å². The van der Waals surface area contributed by atoms with Crippen LogP contribution in [-0.2, 0) is 0 Å². The van der Waals surface area contributed by atoms with Crippen LogP contribution in [-0.4, -0.2) is 24.0 Å². The summed E-state index contributed by atoms with van der Waals surface area (Å²) in [4.78, 5) is 2.51. The summed E-state index contributed by atoms with van der Waals surface area (Å²) in [6, 6.07) is 0.649. The third-order valence-corrected chi connectivity index (χ3v) is 2.77. The van der Waals surface area contributed by atoms with Gasteiger partial charge in [-0.15, -0.1) is 0 Å². The molecule has 1 aliphatic rings. The zero-order valence-corrected chi connectivity index (χ0v) is 8.09. The van der Waals surface area contributed by atoms with Gasteiger partial charge in [0.25, 0.3) is 0 Å². The summed E-state index contributed by atoms with van der Waals surface area (Å²) in [5.41, 5.74) is 1.56. The molecule has 0 saturated heterocycles. The Morgan fingerprint density at radius 3 is 2.73 bits per heavy atom. The molecule has 1 aliphatic heterocycles. The van der Waals surface area contributed by atoms with E-state index >= 15 is 0 Å². The lowest BCUT2D eigenvalue weighted by molar-refractivity contribution is 0.214. The summed E-state index contributed by atoms with van der Waals surface area (Å²) in [7, 11) is 0. The molecule has 0 bridgehead atoms. The predicted octanol–water partition coefficient (Wildman–Crippen LogP) is 2.29. The molecule has 0 saturated carbocycles. The quantitative estimate of drug-likeness (QED) is 0.522. The Balaban J connectivity index is 2.67. The third kappa shape index (κ3) is 1.84. The van der Waals surface area contributed by atoms with Crippen LogP contribution >= 0.6 is 0 Å². The second-order valence-corrected chi connectivity index (χ2v) is 3.64. The van der Waals surface area contributed by atoms with Gasteiger partial charge in [0.15, 0.2) is 0 Å². The average molecular weight is 153 g/mol. The van der Waals surface area contributed by atoms with Crippen LogP contribution in [0.25, 0.3) is 0 Å². The van der Waals surface area contributed by atoms with Crippen LogP contribution in [0.4, 0.5) is 0 Å². The molecule has 2 unspecified atom stereocenters. The van der Waals surface area contributed by atoms with Crippen LogP contribution < -0.4 is 0 Å². The highest BCUT2D eigenvalue weighted by Gasteiger charge is 2.19. The Morgan fingerprint density at radius 2 is 2.18 bits per heavy atom. The van der Waals surface area contributed by atoms with Crippen LogP contribution in [0, 0.1) is 5.92 Å². The lowest BCUT2D eigenvalue weighted by atomic mass is 9.95. The smallest absolute Gasteiger partial charge is 0.0252 e. The molecule has 64 valence electrons. The Bertz CT molecular complexity index is 160. The summed E-state index contributed by atoms with van der Waals surface area (Å²) in [6.07, 6.45) is 2.39. The first kappa shape index (κ1) is 8.79. The number of hydrogen-bond acceptors (Lipinski definition) is 1. The molecule has 1 nitrogen and oxygen atoms in total. The van der Waals surface area contributed by atoms with Gasteiger partial charge in [-0.1, -0.05) is 25.5 Å². The van der Waals surface area contributed by atoms with Crippen LogP contribution in [0.15, 0.2) is 11.6 Å². The van der Waals surface area contributed by atoms with Crippen LogP contribution in [0.2, 0.25) is 0 Å². The summed E-state index contributed by atoms with van der Waals surface area (Å²) in [5.74, 6) is 0.756. The van der Waals surface area contributed by atoms with Gasteiger partial charge >= 0.3 is 0 Å². The fraction of sp³-hybridized carbons (Fsp3) is 0.800. The minimum Gasteiger partial charge on any atom is -0.297 e. The second kappa shape index (κ2) is 3.40. The van der Waals surface area contributed by atoms with E-state index in [1.165, 1.54) is 13.1 Å². The normalized spacial score (nSPS) is 33.6. The molecular weight excluding hydrogens is 134 g/mol. The van der Waals surface area contributed by atoms with E-state index in [0.29, 0.717) is 6.04 Å². The zero-order valence-electron chi connectivity index (χ0n) is 8.09. The summed E-state index contributed by atoms with van der Waals surface area (Å²) < 4.78 is 0. The fourth-order valence-corrected chi connectivity index (χ4v) is 1.73. The maximum absolute atomic E-state index is 2.51. The van der Waals surface area contributed by atoms with E-state index in [1.807, 2.05) is 0 Å². The lowest BCUT2D eigenvalue weighted by Gasteiger charge is -2.34. The third-order valence-electron chi connectivity index (χ3n) is 2.77. The molecule has 1 heteroatoms. The van der Waals surface area contributed by atoms with E-state index < -0.39 is 0 Å². The van der Waals surface area contributed by atoms with Gasteiger partial charge in [0.05, 0.1) is 0 Å². The molecule has 0 fully saturated rings. The first-order valence-corrected chi connectivity index (χ1v) is 4.57. The summed E-state index contributed by atoms with van der Waals surface area (Å²) in [5, 5.41) is 0. The van der Waals surface area contributed by atoms with E-state index in [2.05, 4.69) is 38.7 Å². The Kier molecular flexibility index (Phi) is 2.72. The molecular formula is C10H19N. The Labute approximate surface area is 70.1 Å². The van der Waals surface area contributed by atoms with E-state index in [0.717, 1.165) is 5.92 Å². The first-order chi connectivity index (χ1) is 5.15. The minimum atomic E-state index is 0.649. The van der Waals surface area contributed by atoms with Crippen molar-refractivity contribution in [1.82, 2.24) is 4.90 Å². The van der Waals surface area contributed by atoms with Gasteiger partial charge in [0, 0.05) is 12.6 Å². The largest absolute Gasteiger partial charge is 0.297 e. The van der Waals surface area contributed by atoms with Gasteiger partial charge in [-0.25, -0.2) is 0 Å². The molecule has 0 amide bonds. The van der Waals surface area contributed by atoms with Gasteiger partial charge in [0.2, 0.25) is 0 Å². The molecule has 0 N–H and O–H groups in total. The zero-order chi connectivity index (χ0) is 8.43. The van der Waals surface area contributed by atoms with Crippen molar-refractivity contribution in [3.05, 3.63) is 11.6 Å². The minimum absolute atomic E-state index is 0.649. The van der Waals surface area contributed by atoms with E-state index in [1.54, 1.807) is 5.57 Å². The van der Waals surface area contributed by atoms with Crippen molar-refractivity contribution in [2.24, 2.45) is 5.92 Å². The van der Waals surface area contributed by atoms with Crippen LogP contribution in [0.3, 0.4) is 0 Å². The van der Waals surface area contributed by atoms with Crippen molar-refractivity contribution in [3.8, 4) is 0 Å². The van der Waals surface area contributed by atoms with Crippen molar-refractivity contribution < 1.29 is 0 Å². The number of hydrogen-bond donors (Lipinski definition) is 0. The fourth-order valence-electron chi connectivity index (χ4n) is 1.73. The second-order valence-electron chi connectivity index (χ2n) is 3.64. The molecule has 0 aliphatic carbocycles. The predicted molar refractivity (Wildman–Crippen MR) is 49.6 cm³/mol. The Hall–Kier alpha value is -0.300. The molecule has 1 rings (SSSR count). The number of rotatable bonds is 1. The molecule has 1 heterocycles. The SMILES string of the molecule is CCN1CC(C)C(C)=CC1C. The Morgan fingerprint density at radius 1 is 1.55 bits per heavy atom. The van der Waals surface area contributed by atoms with Gasteiger partial charge < -0.3 is 0 Å². The average Bonchev–Trinajstić information content (AvgIpc) is 1.97. The maximum atomic E-state index is 2.51. The van der Waals surface area contributed by atoms with Crippen molar-refractivity contribution in [1.29, 1.82) is 0 Å². The summed E-state index contributed by atoms with van der Waals surface area (Å²) in [6.45, 7) is 11.5. The highest BCUT2D eigenvalue weighted by Crippen LogP contribution is 2.20. The summed E-state index contributed by atoms with van der Waals surface area (Å²) >= 11 is 0. The first-order valence-electron chi connectivity index (χ1n) is 4.57. The standard InChI is InChI=1S/C10H19N/c1-5-11-7-9(3)8(2)6-10(11)4/h6,9-10H,5,7H2,1-4H3. The van der Waals surface area contributed by atoms with E-state index in [4.69, 9.17) is 0 Å². The molecule has 0 aromatic heterocycles. The highest BCUT2D eigenvalue weighted by atomic mass is 15.1. The monoisotopic (exact) mass is 153 g/mol.